The Kier molecular flexibility index (Phi) is 4.20. The summed E-state index contributed by atoms with van der Waals surface area (Å²) in [4.78, 5) is 23.7. The van der Waals surface area contributed by atoms with E-state index in [-0.39, 0.29) is 11.8 Å². The lowest BCUT2D eigenvalue weighted by Crippen LogP contribution is -2.40. The lowest BCUT2D eigenvalue weighted by Gasteiger charge is -2.31. The summed E-state index contributed by atoms with van der Waals surface area (Å²) in [6, 6.07) is 1.78. The number of ether oxygens (including phenoxy) is 1. The summed E-state index contributed by atoms with van der Waals surface area (Å²) in [5, 5.41) is 4.16. The molecule has 0 aromatic carbocycles. The second-order valence-electron chi connectivity index (χ2n) is 7.23. The zero-order valence-electron chi connectivity index (χ0n) is 15.6. The molecule has 0 aliphatic carbocycles. The van der Waals surface area contributed by atoms with Crippen molar-refractivity contribution in [2.24, 2.45) is 5.92 Å². The zero-order chi connectivity index (χ0) is 19.1. The second kappa shape index (κ2) is 6.87. The summed E-state index contributed by atoms with van der Waals surface area (Å²) < 4.78 is 15.9. The summed E-state index contributed by atoms with van der Waals surface area (Å²) in [6.07, 6.45) is 6.54. The Balaban J connectivity index is 1.45. The van der Waals surface area contributed by atoms with Crippen molar-refractivity contribution in [3.63, 3.8) is 0 Å². The molecule has 2 aliphatic rings. The van der Waals surface area contributed by atoms with Gasteiger partial charge in [-0.05, 0) is 37.0 Å². The van der Waals surface area contributed by atoms with Gasteiger partial charge in [0, 0.05) is 37.2 Å². The first-order valence-electron chi connectivity index (χ1n) is 9.41. The summed E-state index contributed by atoms with van der Waals surface area (Å²) in [7, 11) is 0. The molecule has 1 amide bonds. The summed E-state index contributed by atoms with van der Waals surface area (Å²) in [5.74, 6) is 1.08. The molecule has 0 bridgehead atoms. The Hall–Kier alpha value is -3.00. The number of hydrogen-bond acceptors (Lipinski definition) is 7. The predicted octanol–water partition coefficient (Wildman–Crippen LogP) is 2.62. The van der Waals surface area contributed by atoms with Crippen LogP contribution in [0.5, 0.6) is 0 Å². The van der Waals surface area contributed by atoms with Gasteiger partial charge < -0.3 is 18.6 Å². The van der Waals surface area contributed by atoms with Crippen molar-refractivity contribution < 1.29 is 18.5 Å². The van der Waals surface area contributed by atoms with E-state index in [4.69, 9.17) is 13.7 Å². The first-order chi connectivity index (χ1) is 13.7. The lowest BCUT2D eigenvalue weighted by atomic mass is 9.93. The Labute approximate surface area is 161 Å². The Morgan fingerprint density at radius 1 is 1.36 bits per heavy atom. The van der Waals surface area contributed by atoms with E-state index in [9.17, 15) is 4.79 Å². The summed E-state index contributed by atoms with van der Waals surface area (Å²) >= 11 is 0. The van der Waals surface area contributed by atoms with Crippen LogP contribution in [0.3, 0.4) is 0 Å². The highest BCUT2D eigenvalue weighted by molar-refractivity contribution is 5.80. The molecule has 1 fully saturated rings. The molecule has 3 aromatic rings. The molecule has 2 aliphatic heterocycles. The monoisotopic (exact) mass is 380 g/mol. The smallest absolute Gasteiger partial charge is 0.261 e. The van der Waals surface area contributed by atoms with Gasteiger partial charge in [-0.3, -0.25) is 9.78 Å². The molecular formula is C20H20N4O4. The molecule has 1 unspecified atom stereocenters. The van der Waals surface area contributed by atoms with E-state index in [2.05, 4.69) is 15.1 Å². The first kappa shape index (κ1) is 17.1. The number of carbonyl (C=O) groups is 1. The van der Waals surface area contributed by atoms with Gasteiger partial charge in [-0.15, -0.1) is 0 Å². The molecular weight excluding hydrogens is 360 g/mol. The Morgan fingerprint density at radius 2 is 2.29 bits per heavy atom. The molecule has 3 aromatic heterocycles. The van der Waals surface area contributed by atoms with Gasteiger partial charge in [0.25, 0.3) is 5.89 Å². The number of pyridine rings is 1. The van der Waals surface area contributed by atoms with Crippen LogP contribution in [0, 0.1) is 12.8 Å². The molecule has 0 radical (unpaired) electrons. The molecule has 0 saturated carbocycles. The molecule has 1 atom stereocenters. The number of furan rings is 1. The van der Waals surface area contributed by atoms with Crippen molar-refractivity contribution in [1.82, 2.24) is 20.0 Å². The zero-order valence-corrected chi connectivity index (χ0v) is 15.6. The van der Waals surface area contributed by atoms with Crippen molar-refractivity contribution >= 4 is 5.91 Å². The molecule has 28 heavy (non-hydrogen) atoms. The molecule has 0 N–H and O–H groups in total. The molecule has 8 nitrogen and oxygen atoms in total. The molecule has 8 heteroatoms. The van der Waals surface area contributed by atoms with Crippen molar-refractivity contribution in [1.29, 1.82) is 0 Å². The maximum absolute atomic E-state index is 12.7. The summed E-state index contributed by atoms with van der Waals surface area (Å²) in [5.41, 5.74) is 4.66. The molecule has 5 heterocycles. The number of hydrogen-bond donors (Lipinski definition) is 0. The van der Waals surface area contributed by atoms with Gasteiger partial charge in [0.05, 0.1) is 24.4 Å². The number of fused-ring (bicyclic) bond motifs is 1. The lowest BCUT2D eigenvalue weighted by molar-refractivity contribution is -0.136. The number of nitrogens with zero attached hydrogens (tertiary/aromatic N) is 4. The first-order valence-corrected chi connectivity index (χ1v) is 9.41. The van der Waals surface area contributed by atoms with Crippen LogP contribution in [0.1, 0.15) is 23.2 Å². The van der Waals surface area contributed by atoms with Crippen LogP contribution in [-0.4, -0.2) is 45.7 Å². The van der Waals surface area contributed by atoms with Crippen molar-refractivity contribution in [2.45, 2.75) is 26.3 Å². The van der Waals surface area contributed by atoms with Gasteiger partial charge in [0.2, 0.25) is 11.7 Å². The van der Waals surface area contributed by atoms with E-state index < -0.39 is 0 Å². The van der Waals surface area contributed by atoms with Crippen LogP contribution < -0.4 is 0 Å². The fraction of sp³-hybridized carbons (Fsp3) is 0.400. The van der Waals surface area contributed by atoms with Gasteiger partial charge >= 0.3 is 0 Å². The largest absolute Gasteiger partial charge is 0.472 e. The maximum Gasteiger partial charge on any atom is 0.261 e. The van der Waals surface area contributed by atoms with E-state index >= 15 is 0 Å². The van der Waals surface area contributed by atoms with E-state index in [0.717, 1.165) is 40.8 Å². The number of aromatic nitrogens is 3. The fourth-order valence-electron chi connectivity index (χ4n) is 3.95. The molecule has 0 spiro atoms. The van der Waals surface area contributed by atoms with Crippen LogP contribution in [0.2, 0.25) is 0 Å². The van der Waals surface area contributed by atoms with Crippen LogP contribution >= 0.6 is 0 Å². The topological polar surface area (TPSA) is 94.5 Å². The number of aryl methyl sites for hydroxylation is 1. The Morgan fingerprint density at radius 3 is 3.07 bits per heavy atom. The standard InChI is InChI=1S/C20H20N4O4/c1-12-17(18-22-19(28-23-18)13-3-6-26-10-13)16-2-5-24(9-15(16)8-21-12)20(25)14-4-7-27-11-14/h3,6,8,10,14H,2,4-5,7,9,11H2,1H3. The molecule has 5 rings (SSSR count). The minimum Gasteiger partial charge on any atom is -0.472 e. The number of rotatable bonds is 3. The number of carbonyl (C=O) groups excluding carboxylic acids is 1. The van der Waals surface area contributed by atoms with E-state index in [0.29, 0.717) is 38.0 Å². The predicted molar refractivity (Wildman–Crippen MR) is 98.0 cm³/mol. The summed E-state index contributed by atoms with van der Waals surface area (Å²) in [6.45, 7) is 4.36. The van der Waals surface area contributed by atoms with E-state index in [1.165, 1.54) is 0 Å². The van der Waals surface area contributed by atoms with Crippen LogP contribution in [0.25, 0.3) is 22.8 Å². The van der Waals surface area contributed by atoms with Crippen LogP contribution in [-0.2, 0) is 22.5 Å². The van der Waals surface area contributed by atoms with Gasteiger partial charge in [0.1, 0.15) is 6.26 Å². The third-order valence-corrected chi connectivity index (χ3v) is 5.47. The quantitative estimate of drug-likeness (QED) is 0.689. The highest BCUT2D eigenvalue weighted by atomic mass is 16.5. The second-order valence-corrected chi connectivity index (χ2v) is 7.23. The van der Waals surface area contributed by atoms with Crippen molar-refractivity contribution in [3.05, 3.63) is 41.6 Å². The van der Waals surface area contributed by atoms with Crippen molar-refractivity contribution in [2.75, 3.05) is 19.8 Å². The van der Waals surface area contributed by atoms with Gasteiger partial charge in [-0.1, -0.05) is 5.16 Å². The normalized spacial score (nSPS) is 19.0. The minimum atomic E-state index is -0.0193. The van der Waals surface area contributed by atoms with Crippen LogP contribution in [0.15, 0.2) is 33.7 Å². The highest BCUT2D eigenvalue weighted by Crippen LogP contribution is 2.32. The van der Waals surface area contributed by atoms with Gasteiger partial charge in [0.15, 0.2) is 0 Å². The fourth-order valence-corrected chi connectivity index (χ4v) is 3.95. The van der Waals surface area contributed by atoms with Crippen LogP contribution in [0.4, 0.5) is 0 Å². The molecule has 144 valence electrons. The van der Waals surface area contributed by atoms with Gasteiger partial charge in [-0.25, -0.2) is 0 Å². The van der Waals surface area contributed by atoms with E-state index in [1.807, 2.05) is 18.0 Å². The van der Waals surface area contributed by atoms with E-state index in [1.54, 1.807) is 18.6 Å². The Bertz CT molecular complexity index is 1010. The average Bonchev–Trinajstić information content (AvgIpc) is 3.49. The third kappa shape index (κ3) is 2.90. The highest BCUT2D eigenvalue weighted by Gasteiger charge is 2.31. The SMILES string of the molecule is Cc1ncc2c(c1-c1noc(-c3ccoc3)n1)CCN(C(=O)C1CCOC1)C2. The minimum absolute atomic E-state index is 0.0193. The molecule has 1 saturated heterocycles. The number of amides is 1. The van der Waals surface area contributed by atoms with Crippen molar-refractivity contribution in [3.8, 4) is 22.8 Å². The van der Waals surface area contributed by atoms with Gasteiger partial charge in [-0.2, -0.15) is 4.98 Å². The maximum atomic E-state index is 12.7. The third-order valence-electron chi connectivity index (χ3n) is 5.47. The average molecular weight is 380 g/mol.